The van der Waals surface area contributed by atoms with Gasteiger partial charge in [-0.15, -0.1) is 0 Å². The van der Waals surface area contributed by atoms with Gasteiger partial charge in [0.05, 0.1) is 30.5 Å². The van der Waals surface area contributed by atoms with Crippen LogP contribution in [0.2, 0.25) is 5.02 Å². The second kappa shape index (κ2) is 9.05. The summed E-state index contributed by atoms with van der Waals surface area (Å²) in [5.41, 5.74) is 1.87. The van der Waals surface area contributed by atoms with E-state index < -0.39 is 0 Å². The summed E-state index contributed by atoms with van der Waals surface area (Å²) in [6, 6.07) is 10.4. The zero-order valence-electron chi connectivity index (χ0n) is 16.7. The Balaban J connectivity index is 1.71. The van der Waals surface area contributed by atoms with E-state index in [9.17, 15) is 9.59 Å². The number of hydrogen-bond acceptors (Lipinski definition) is 5. The number of halogens is 1. The van der Waals surface area contributed by atoms with E-state index in [2.05, 4.69) is 10.2 Å². The molecule has 1 heterocycles. The monoisotopic (exact) mass is 417 g/mol. The van der Waals surface area contributed by atoms with Crippen molar-refractivity contribution >= 4 is 34.8 Å². The molecule has 0 unspecified atom stereocenters. The molecule has 0 radical (unpaired) electrons. The Morgan fingerprint density at radius 3 is 2.31 bits per heavy atom. The predicted molar refractivity (Wildman–Crippen MR) is 113 cm³/mol. The molecule has 1 fully saturated rings. The molecule has 7 nitrogen and oxygen atoms in total. The first kappa shape index (κ1) is 20.8. The quantitative estimate of drug-likeness (QED) is 0.808. The van der Waals surface area contributed by atoms with Gasteiger partial charge in [0, 0.05) is 44.9 Å². The third-order valence-corrected chi connectivity index (χ3v) is 5.23. The minimum atomic E-state index is -0.302. The lowest BCUT2D eigenvalue weighted by Gasteiger charge is -2.36. The second-order valence-corrected chi connectivity index (χ2v) is 7.09. The van der Waals surface area contributed by atoms with Gasteiger partial charge in [0.25, 0.3) is 5.91 Å². The molecule has 8 heteroatoms. The Hall–Kier alpha value is -2.93. The Kier molecular flexibility index (Phi) is 6.49. The van der Waals surface area contributed by atoms with Crippen LogP contribution in [0.5, 0.6) is 11.5 Å². The molecule has 0 spiro atoms. The molecule has 0 aromatic heterocycles. The number of nitrogens with one attached hydrogen (secondary N) is 1. The first-order valence-corrected chi connectivity index (χ1v) is 9.64. The summed E-state index contributed by atoms with van der Waals surface area (Å²) < 4.78 is 10.5. The molecule has 2 aromatic rings. The summed E-state index contributed by atoms with van der Waals surface area (Å²) in [5.74, 6) is 0.815. The summed E-state index contributed by atoms with van der Waals surface area (Å²) >= 11 is 6.47. The highest BCUT2D eigenvalue weighted by Crippen LogP contribution is 2.31. The lowest BCUT2D eigenvalue weighted by Crippen LogP contribution is -2.48. The summed E-state index contributed by atoms with van der Waals surface area (Å²) in [5, 5.41) is 3.39. The average Bonchev–Trinajstić information content (AvgIpc) is 2.73. The van der Waals surface area contributed by atoms with Crippen molar-refractivity contribution in [1.82, 2.24) is 4.90 Å². The lowest BCUT2D eigenvalue weighted by molar-refractivity contribution is -0.129. The minimum absolute atomic E-state index is 0.0859. The molecule has 0 aliphatic carbocycles. The highest BCUT2D eigenvalue weighted by molar-refractivity contribution is 6.33. The van der Waals surface area contributed by atoms with Crippen LogP contribution in [0.15, 0.2) is 36.4 Å². The van der Waals surface area contributed by atoms with Gasteiger partial charge in [0.15, 0.2) is 0 Å². The minimum Gasteiger partial charge on any atom is -0.497 e. The van der Waals surface area contributed by atoms with E-state index in [0.717, 1.165) is 5.69 Å². The van der Waals surface area contributed by atoms with Gasteiger partial charge in [-0.2, -0.15) is 0 Å². The number of rotatable bonds is 5. The van der Waals surface area contributed by atoms with E-state index in [0.29, 0.717) is 54.0 Å². The first-order valence-electron chi connectivity index (χ1n) is 9.26. The van der Waals surface area contributed by atoms with Gasteiger partial charge in [-0.25, -0.2) is 0 Å². The first-order chi connectivity index (χ1) is 13.9. The van der Waals surface area contributed by atoms with E-state index in [1.807, 2.05) is 17.0 Å². The van der Waals surface area contributed by atoms with Crippen molar-refractivity contribution in [3.63, 3.8) is 0 Å². The molecule has 3 rings (SSSR count). The van der Waals surface area contributed by atoms with Gasteiger partial charge in [-0.1, -0.05) is 11.6 Å². The maximum Gasteiger partial charge on any atom is 0.259 e. The van der Waals surface area contributed by atoms with Gasteiger partial charge < -0.3 is 24.6 Å². The van der Waals surface area contributed by atoms with Gasteiger partial charge in [0.1, 0.15) is 11.5 Å². The van der Waals surface area contributed by atoms with E-state index in [-0.39, 0.29) is 11.8 Å². The number of hydrogen-bond donors (Lipinski definition) is 1. The van der Waals surface area contributed by atoms with Gasteiger partial charge in [-0.3, -0.25) is 9.59 Å². The number of carbonyl (C=O) groups is 2. The Bertz CT molecular complexity index is 911. The fourth-order valence-electron chi connectivity index (χ4n) is 3.29. The fraction of sp³-hybridized carbons (Fsp3) is 0.333. The zero-order chi connectivity index (χ0) is 21.0. The van der Waals surface area contributed by atoms with Crippen LogP contribution in [0, 0.1) is 0 Å². The number of benzene rings is 2. The van der Waals surface area contributed by atoms with Crippen LogP contribution in [0.25, 0.3) is 0 Å². The van der Waals surface area contributed by atoms with E-state index in [4.69, 9.17) is 21.1 Å². The number of methoxy groups -OCH3 is 2. The molecule has 2 amide bonds. The molecule has 1 aliphatic rings. The number of piperazine rings is 1. The molecule has 0 bridgehead atoms. The van der Waals surface area contributed by atoms with Crippen LogP contribution in [-0.2, 0) is 4.79 Å². The highest BCUT2D eigenvalue weighted by Gasteiger charge is 2.21. The molecule has 29 heavy (non-hydrogen) atoms. The lowest BCUT2D eigenvalue weighted by atomic mass is 10.1. The van der Waals surface area contributed by atoms with Crippen LogP contribution >= 0.6 is 11.6 Å². The standard InChI is InChI=1S/C21H24ClN3O4/c1-14(26)24-8-10-25(11-9-24)19-7-4-15(12-18(19)22)23-21(27)17-6-5-16(28-2)13-20(17)29-3/h4-7,12-13H,8-11H2,1-3H3,(H,23,27). The highest BCUT2D eigenvalue weighted by atomic mass is 35.5. The van der Waals surface area contributed by atoms with Gasteiger partial charge in [0.2, 0.25) is 5.91 Å². The van der Waals surface area contributed by atoms with E-state index >= 15 is 0 Å². The van der Waals surface area contributed by atoms with Crippen molar-refractivity contribution in [3.05, 3.63) is 47.0 Å². The van der Waals surface area contributed by atoms with Crippen LogP contribution < -0.4 is 19.7 Å². The molecule has 1 saturated heterocycles. The molecule has 1 N–H and O–H groups in total. The maximum atomic E-state index is 12.7. The normalized spacial score (nSPS) is 13.8. The van der Waals surface area contributed by atoms with Gasteiger partial charge >= 0.3 is 0 Å². The topological polar surface area (TPSA) is 71.1 Å². The molecular weight excluding hydrogens is 394 g/mol. The van der Waals surface area contributed by atoms with Crippen LogP contribution in [0.3, 0.4) is 0 Å². The maximum absolute atomic E-state index is 12.7. The summed E-state index contributed by atoms with van der Waals surface area (Å²) in [6.45, 7) is 4.35. The van der Waals surface area contributed by atoms with Gasteiger partial charge in [-0.05, 0) is 30.3 Å². The van der Waals surface area contributed by atoms with Crippen molar-refractivity contribution < 1.29 is 19.1 Å². The number of ether oxygens (including phenoxy) is 2. The Morgan fingerprint density at radius 2 is 1.72 bits per heavy atom. The Morgan fingerprint density at radius 1 is 1.00 bits per heavy atom. The van der Waals surface area contributed by atoms with Crippen molar-refractivity contribution in [3.8, 4) is 11.5 Å². The number of amides is 2. The summed E-state index contributed by atoms with van der Waals surface area (Å²) in [7, 11) is 3.06. The SMILES string of the molecule is COc1ccc(C(=O)Nc2ccc(N3CCN(C(C)=O)CC3)c(Cl)c2)c(OC)c1. The average molecular weight is 418 g/mol. The molecular formula is C21H24ClN3O4. The molecule has 0 atom stereocenters. The molecule has 1 aliphatic heterocycles. The number of carbonyl (C=O) groups excluding carboxylic acids is 2. The van der Waals surface area contributed by atoms with E-state index in [1.165, 1.54) is 7.11 Å². The zero-order valence-corrected chi connectivity index (χ0v) is 17.5. The summed E-state index contributed by atoms with van der Waals surface area (Å²) in [4.78, 5) is 28.1. The molecule has 2 aromatic carbocycles. The summed E-state index contributed by atoms with van der Waals surface area (Å²) in [6.07, 6.45) is 0. The fourth-order valence-corrected chi connectivity index (χ4v) is 3.59. The van der Waals surface area contributed by atoms with Crippen molar-refractivity contribution in [2.45, 2.75) is 6.92 Å². The van der Waals surface area contributed by atoms with Crippen LogP contribution in [0.1, 0.15) is 17.3 Å². The number of nitrogens with zero attached hydrogens (tertiary/aromatic N) is 2. The third-order valence-electron chi connectivity index (χ3n) is 4.92. The Labute approximate surface area is 175 Å². The van der Waals surface area contributed by atoms with Crippen LogP contribution in [-0.4, -0.2) is 57.1 Å². The largest absolute Gasteiger partial charge is 0.497 e. The third kappa shape index (κ3) is 4.74. The van der Waals surface area contributed by atoms with Crippen molar-refractivity contribution in [2.24, 2.45) is 0 Å². The van der Waals surface area contributed by atoms with Crippen molar-refractivity contribution in [2.75, 3.05) is 50.6 Å². The second-order valence-electron chi connectivity index (χ2n) is 6.68. The predicted octanol–water partition coefficient (Wildman–Crippen LogP) is 3.28. The molecule has 154 valence electrons. The van der Waals surface area contributed by atoms with E-state index in [1.54, 1.807) is 38.3 Å². The van der Waals surface area contributed by atoms with Crippen LogP contribution in [0.4, 0.5) is 11.4 Å². The van der Waals surface area contributed by atoms with Crippen molar-refractivity contribution in [1.29, 1.82) is 0 Å². The smallest absolute Gasteiger partial charge is 0.259 e. The molecule has 0 saturated carbocycles. The number of anilines is 2.